The Hall–Kier alpha value is -2.80. The fourth-order valence-electron chi connectivity index (χ4n) is 4.08. The molecular weight excluding hydrogens is 382 g/mol. The first kappa shape index (κ1) is 21.9. The molecule has 0 unspecified atom stereocenters. The van der Waals surface area contributed by atoms with E-state index < -0.39 is 0 Å². The molecule has 0 atom stereocenters. The molecule has 1 saturated heterocycles. The molecule has 0 bridgehead atoms. The zero-order valence-electron chi connectivity index (χ0n) is 18.1. The van der Waals surface area contributed by atoms with Crippen LogP contribution in [0.15, 0.2) is 30.3 Å². The van der Waals surface area contributed by atoms with Gasteiger partial charge in [0.15, 0.2) is 5.78 Å². The topological polar surface area (TPSA) is 75.0 Å². The number of hydrogen-bond acceptors (Lipinski definition) is 6. The van der Waals surface area contributed by atoms with Gasteiger partial charge in [-0.25, -0.2) is 0 Å². The summed E-state index contributed by atoms with van der Waals surface area (Å²) in [6.45, 7) is 8.15. The quantitative estimate of drug-likeness (QED) is 0.530. The van der Waals surface area contributed by atoms with Crippen molar-refractivity contribution >= 4 is 17.4 Å². The Morgan fingerprint density at radius 1 is 1.10 bits per heavy atom. The van der Waals surface area contributed by atoms with Gasteiger partial charge in [-0.2, -0.15) is 0 Å². The molecule has 162 valence electrons. The van der Waals surface area contributed by atoms with Crippen molar-refractivity contribution in [2.75, 3.05) is 44.7 Å². The largest absolute Gasteiger partial charge is 0.506 e. The third-order valence-electron chi connectivity index (χ3n) is 5.83. The summed E-state index contributed by atoms with van der Waals surface area (Å²) in [6.07, 6.45) is 1.06. The minimum atomic E-state index is -0.211. The Balaban J connectivity index is 1.56. The zero-order chi connectivity index (χ0) is 21.7. The minimum Gasteiger partial charge on any atom is -0.506 e. The van der Waals surface area contributed by atoms with E-state index in [1.165, 1.54) is 7.11 Å². The average Bonchev–Trinajstić information content (AvgIpc) is 3.03. The van der Waals surface area contributed by atoms with E-state index in [0.29, 0.717) is 31.7 Å². The van der Waals surface area contributed by atoms with E-state index in [2.05, 4.69) is 14.4 Å². The van der Waals surface area contributed by atoms with Crippen LogP contribution in [0.2, 0.25) is 0 Å². The number of rotatable bonds is 8. The van der Waals surface area contributed by atoms with E-state index in [1.807, 2.05) is 38.1 Å². The average molecular weight is 414 g/mol. The first-order valence-electron chi connectivity index (χ1n) is 10.4. The lowest BCUT2D eigenvalue weighted by Gasteiger charge is -2.35. The highest BCUT2D eigenvalue weighted by molar-refractivity contribution is 5.99. The van der Waals surface area contributed by atoms with E-state index in [0.717, 1.165) is 48.8 Å². The second-order valence-corrected chi connectivity index (χ2v) is 7.79. The second kappa shape index (κ2) is 9.80. The van der Waals surface area contributed by atoms with Gasteiger partial charge in [-0.3, -0.25) is 14.5 Å². The first-order chi connectivity index (χ1) is 14.4. The summed E-state index contributed by atoms with van der Waals surface area (Å²) >= 11 is 0. The Morgan fingerprint density at radius 2 is 1.80 bits per heavy atom. The number of carbonyl (C=O) groups excluding carboxylic acids is 2. The Labute approximate surface area is 177 Å². The predicted molar refractivity (Wildman–Crippen MR) is 116 cm³/mol. The number of para-hydroxylation sites is 2. The highest BCUT2D eigenvalue weighted by Crippen LogP contribution is 2.27. The third kappa shape index (κ3) is 5.02. The van der Waals surface area contributed by atoms with Crippen LogP contribution >= 0.6 is 0 Å². The number of esters is 1. The molecule has 2 aromatic rings. The molecule has 0 saturated carbocycles. The number of aromatic nitrogens is 1. The summed E-state index contributed by atoms with van der Waals surface area (Å²) < 4.78 is 6.80. The van der Waals surface area contributed by atoms with Crippen molar-refractivity contribution in [3.63, 3.8) is 0 Å². The number of piperazine rings is 1. The van der Waals surface area contributed by atoms with Crippen molar-refractivity contribution in [2.24, 2.45) is 0 Å². The van der Waals surface area contributed by atoms with Crippen molar-refractivity contribution < 1.29 is 19.4 Å². The van der Waals surface area contributed by atoms with Gasteiger partial charge in [0.25, 0.3) is 0 Å². The lowest BCUT2D eigenvalue weighted by Crippen LogP contribution is -2.48. The first-order valence-corrected chi connectivity index (χ1v) is 10.4. The van der Waals surface area contributed by atoms with E-state index in [9.17, 15) is 14.7 Å². The lowest BCUT2D eigenvalue weighted by molar-refractivity contribution is -0.140. The number of benzene rings is 1. The molecule has 1 aromatic carbocycles. The van der Waals surface area contributed by atoms with Crippen molar-refractivity contribution in [1.82, 2.24) is 9.47 Å². The Bertz CT molecular complexity index is 898. The van der Waals surface area contributed by atoms with Gasteiger partial charge in [0.2, 0.25) is 0 Å². The van der Waals surface area contributed by atoms with Crippen molar-refractivity contribution in [2.45, 2.75) is 33.2 Å². The molecule has 1 fully saturated rings. The van der Waals surface area contributed by atoms with Gasteiger partial charge < -0.3 is 19.3 Å². The normalized spacial score (nSPS) is 14.7. The minimum absolute atomic E-state index is 0.123. The smallest absolute Gasteiger partial charge is 0.305 e. The number of carbonyl (C=O) groups is 2. The van der Waals surface area contributed by atoms with Crippen LogP contribution in [0.4, 0.5) is 5.69 Å². The van der Waals surface area contributed by atoms with Crippen molar-refractivity contribution in [3.8, 4) is 5.75 Å². The van der Waals surface area contributed by atoms with Crippen molar-refractivity contribution in [3.05, 3.63) is 47.3 Å². The van der Waals surface area contributed by atoms with Crippen LogP contribution in [-0.4, -0.2) is 66.2 Å². The zero-order valence-corrected chi connectivity index (χ0v) is 18.1. The number of nitrogens with zero attached hydrogens (tertiary/aromatic N) is 3. The predicted octanol–water partition coefficient (Wildman–Crippen LogP) is 2.77. The molecular formula is C23H31N3O4. The lowest BCUT2D eigenvalue weighted by atomic mass is 10.1. The summed E-state index contributed by atoms with van der Waals surface area (Å²) in [5, 5.41) is 10.1. The van der Waals surface area contributed by atoms with Gasteiger partial charge in [0, 0.05) is 56.1 Å². The SMILES string of the molecule is COC(=O)CCCn1c(C)cc(C(=O)CN2CCN(c3ccccc3O)CC2)c1C. The van der Waals surface area contributed by atoms with Crippen LogP contribution in [0, 0.1) is 13.8 Å². The second-order valence-electron chi connectivity index (χ2n) is 7.79. The maximum atomic E-state index is 13.0. The van der Waals surface area contributed by atoms with Crippen LogP contribution in [-0.2, 0) is 16.1 Å². The Kier molecular flexibility index (Phi) is 7.15. The summed E-state index contributed by atoms with van der Waals surface area (Å²) in [5.41, 5.74) is 3.59. The van der Waals surface area contributed by atoms with Crippen molar-refractivity contribution in [1.29, 1.82) is 0 Å². The van der Waals surface area contributed by atoms with Gasteiger partial charge in [-0.1, -0.05) is 12.1 Å². The van der Waals surface area contributed by atoms with Gasteiger partial charge in [0.05, 0.1) is 19.3 Å². The molecule has 3 rings (SSSR count). The highest BCUT2D eigenvalue weighted by Gasteiger charge is 2.23. The number of ether oxygens (including phenoxy) is 1. The van der Waals surface area contributed by atoms with Crippen LogP contribution < -0.4 is 4.90 Å². The fourth-order valence-corrected chi connectivity index (χ4v) is 4.08. The number of anilines is 1. The number of aromatic hydroxyl groups is 1. The number of phenols is 1. The molecule has 0 aliphatic carbocycles. The molecule has 7 heteroatoms. The van der Waals surface area contributed by atoms with Crippen LogP contribution in [0.25, 0.3) is 0 Å². The molecule has 1 aromatic heterocycles. The summed E-state index contributed by atoms with van der Waals surface area (Å²) in [6, 6.07) is 9.32. The summed E-state index contributed by atoms with van der Waals surface area (Å²) in [5.74, 6) is 0.205. The number of aryl methyl sites for hydroxylation is 1. The number of ketones is 1. The van der Waals surface area contributed by atoms with Gasteiger partial charge in [0.1, 0.15) is 5.75 Å². The molecule has 1 N–H and O–H groups in total. The molecule has 1 aliphatic heterocycles. The van der Waals surface area contributed by atoms with Gasteiger partial charge in [-0.15, -0.1) is 0 Å². The van der Waals surface area contributed by atoms with E-state index in [-0.39, 0.29) is 11.8 Å². The maximum absolute atomic E-state index is 13.0. The van der Waals surface area contributed by atoms with E-state index in [1.54, 1.807) is 6.07 Å². The molecule has 1 aliphatic rings. The number of methoxy groups -OCH3 is 1. The summed E-state index contributed by atoms with van der Waals surface area (Å²) in [7, 11) is 1.40. The molecule has 7 nitrogen and oxygen atoms in total. The van der Waals surface area contributed by atoms with Crippen LogP contribution in [0.5, 0.6) is 5.75 Å². The van der Waals surface area contributed by atoms with E-state index in [4.69, 9.17) is 4.74 Å². The maximum Gasteiger partial charge on any atom is 0.305 e. The fraction of sp³-hybridized carbons (Fsp3) is 0.478. The summed E-state index contributed by atoms with van der Waals surface area (Å²) in [4.78, 5) is 28.6. The number of phenolic OH excluding ortho intramolecular Hbond substituents is 1. The molecule has 2 heterocycles. The molecule has 0 amide bonds. The van der Waals surface area contributed by atoms with E-state index >= 15 is 0 Å². The van der Waals surface area contributed by atoms with Crippen LogP contribution in [0.3, 0.4) is 0 Å². The molecule has 0 radical (unpaired) electrons. The number of Topliss-reactive ketones (excluding diaryl/α,β-unsaturated/α-hetero) is 1. The van der Waals surface area contributed by atoms with Gasteiger partial charge in [-0.05, 0) is 38.5 Å². The standard InChI is InChI=1S/C23H31N3O4/c1-17-15-19(18(2)26(17)10-6-9-23(29)30-3)22(28)16-24-11-13-25(14-12-24)20-7-4-5-8-21(20)27/h4-5,7-8,15,27H,6,9-14,16H2,1-3H3. The number of hydrogen-bond donors (Lipinski definition) is 1. The van der Waals surface area contributed by atoms with Gasteiger partial charge >= 0.3 is 5.97 Å². The molecule has 30 heavy (non-hydrogen) atoms. The Morgan fingerprint density at radius 3 is 2.47 bits per heavy atom. The third-order valence-corrected chi connectivity index (χ3v) is 5.83. The monoisotopic (exact) mass is 413 g/mol. The molecule has 0 spiro atoms. The van der Waals surface area contributed by atoms with Crippen LogP contribution in [0.1, 0.15) is 34.6 Å². The highest BCUT2D eigenvalue weighted by atomic mass is 16.5.